The summed E-state index contributed by atoms with van der Waals surface area (Å²) in [6.45, 7) is 0. The highest BCUT2D eigenvalue weighted by atomic mass is 32.2. The van der Waals surface area contributed by atoms with Gasteiger partial charge in [0.15, 0.2) is 0 Å². The highest BCUT2D eigenvalue weighted by Crippen LogP contribution is 2.22. The molecule has 7 heteroatoms. The van der Waals surface area contributed by atoms with Gasteiger partial charge >= 0.3 is 10.3 Å². The molecule has 9 heavy (non-hydrogen) atoms. The second-order valence-corrected chi connectivity index (χ2v) is 2.82. The summed E-state index contributed by atoms with van der Waals surface area (Å²) in [5.41, 5.74) is 0. The van der Waals surface area contributed by atoms with Gasteiger partial charge in [-0.25, -0.2) is 0 Å². The molecule has 0 radical (unpaired) electrons. The van der Waals surface area contributed by atoms with Crippen molar-refractivity contribution < 1.29 is 12.6 Å². The SMILES string of the molecule is O=S1(=O)Oc2cnnn21. The number of fused-ring (bicyclic) bond motifs is 1. The highest BCUT2D eigenvalue weighted by molar-refractivity contribution is 7.86. The maximum Gasteiger partial charge on any atom is 0.435 e. The van der Waals surface area contributed by atoms with Gasteiger partial charge in [-0.2, -0.15) is 8.42 Å². The van der Waals surface area contributed by atoms with Crippen molar-refractivity contribution in [2.45, 2.75) is 0 Å². The second-order valence-electron chi connectivity index (χ2n) is 1.46. The van der Waals surface area contributed by atoms with Crippen LogP contribution in [0.3, 0.4) is 0 Å². The highest BCUT2D eigenvalue weighted by Gasteiger charge is 2.33. The number of aromatic nitrogens is 3. The fraction of sp³-hybridized carbons (Fsp3) is 0. The number of hydrogen-bond donors (Lipinski definition) is 0. The van der Waals surface area contributed by atoms with Crippen molar-refractivity contribution in [2.75, 3.05) is 0 Å². The van der Waals surface area contributed by atoms with E-state index in [1.54, 1.807) is 0 Å². The lowest BCUT2D eigenvalue weighted by atomic mass is 10.9. The molecule has 48 valence electrons. The molecule has 0 aromatic carbocycles. The molecule has 0 unspecified atom stereocenters. The van der Waals surface area contributed by atoms with E-state index in [-0.39, 0.29) is 5.88 Å². The van der Waals surface area contributed by atoms with E-state index in [1.807, 2.05) is 0 Å². The van der Waals surface area contributed by atoms with Gasteiger partial charge in [-0.05, 0) is 5.21 Å². The number of hydrogen-bond acceptors (Lipinski definition) is 5. The van der Waals surface area contributed by atoms with Gasteiger partial charge in [0.2, 0.25) is 0 Å². The van der Waals surface area contributed by atoms with Crippen LogP contribution in [0.4, 0.5) is 0 Å². The van der Waals surface area contributed by atoms with E-state index < -0.39 is 10.3 Å². The average Bonchev–Trinajstić information content (AvgIpc) is 2.10. The molecule has 6 nitrogen and oxygen atoms in total. The largest absolute Gasteiger partial charge is 0.435 e. The quantitative estimate of drug-likeness (QED) is 0.459. The van der Waals surface area contributed by atoms with Crippen LogP contribution in [-0.2, 0) is 10.3 Å². The molecule has 0 fully saturated rings. The maximum absolute atomic E-state index is 10.4. The summed E-state index contributed by atoms with van der Waals surface area (Å²) in [5, 5.41) is 6.50. The first-order valence-corrected chi connectivity index (χ1v) is 3.42. The summed E-state index contributed by atoms with van der Waals surface area (Å²) in [7, 11) is -3.55. The summed E-state index contributed by atoms with van der Waals surface area (Å²) in [6, 6.07) is 0. The van der Waals surface area contributed by atoms with Gasteiger partial charge in [-0.3, -0.25) is 0 Å². The molecule has 0 aliphatic carbocycles. The minimum atomic E-state index is -3.55. The predicted octanol–water partition coefficient (Wildman–Crippen LogP) is -1.24. The van der Waals surface area contributed by atoms with Crippen LogP contribution in [-0.4, -0.2) is 22.8 Å². The van der Waals surface area contributed by atoms with E-state index >= 15 is 0 Å². The first kappa shape index (κ1) is 4.74. The molecule has 2 rings (SSSR count). The molecule has 0 N–H and O–H groups in total. The molecule has 2 heterocycles. The van der Waals surface area contributed by atoms with Gasteiger partial charge in [0.25, 0.3) is 5.88 Å². The van der Waals surface area contributed by atoms with E-state index in [0.29, 0.717) is 4.09 Å². The maximum atomic E-state index is 10.4. The van der Waals surface area contributed by atoms with Gasteiger partial charge < -0.3 is 4.18 Å². The zero-order valence-electron chi connectivity index (χ0n) is 4.05. The van der Waals surface area contributed by atoms with Crippen LogP contribution < -0.4 is 4.18 Å². The van der Waals surface area contributed by atoms with Gasteiger partial charge in [-0.1, -0.05) is 4.09 Å². The fourth-order valence-electron chi connectivity index (χ4n) is 0.539. The molecular weight excluding hydrogens is 146 g/mol. The molecule has 0 saturated carbocycles. The third kappa shape index (κ3) is 0.416. The topological polar surface area (TPSA) is 74.1 Å². The Labute approximate surface area is 50.3 Å². The molecule has 0 spiro atoms. The van der Waals surface area contributed by atoms with Crippen molar-refractivity contribution in [3.05, 3.63) is 6.20 Å². The molecule has 0 saturated heterocycles. The van der Waals surface area contributed by atoms with E-state index in [1.165, 1.54) is 6.20 Å². The zero-order chi connectivity index (χ0) is 6.48. The standard InChI is InChI=1S/C2HN3O3S/c6-9(7)5-2(8-9)1-3-4-5/h1H. The Kier molecular flexibility index (Phi) is 0.568. The van der Waals surface area contributed by atoms with Crippen LogP contribution >= 0.6 is 0 Å². The number of rotatable bonds is 0. The van der Waals surface area contributed by atoms with Crippen molar-refractivity contribution in [1.29, 1.82) is 0 Å². The molecule has 1 aliphatic heterocycles. The van der Waals surface area contributed by atoms with Crippen LogP contribution in [0.5, 0.6) is 5.88 Å². The smallest absolute Gasteiger partial charge is 0.342 e. The summed E-state index contributed by atoms with van der Waals surface area (Å²) in [4.78, 5) is 0. The monoisotopic (exact) mass is 147 g/mol. The third-order valence-corrected chi connectivity index (χ3v) is 1.95. The van der Waals surface area contributed by atoms with Crippen molar-refractivity contribution >= 4 is 10.3 Å². The third-order valence-electron chi connectivity index (χ3n) is 0.892. The van der Waals surface area contributed by atoms with E-state index in [0.717, 1.165) is 0 Å². The second kappa shape index (κ2) is 1.08. The minimum Gasteiger partial charge on any atom is -0.342 e. The Morgan fingerprint density at radius 2 is 2.44 bits per heavy atom. The molecule has 1 aliphatic rings. The lowest BCUT2D eigenvalue weighted by Gasteiger charge is -2.13. The summed E-state index contributed by atoms with van der Waals surface area (Å²) >= 11 is 0. The van der Waals surface area contributed by atoms with Gasteiger partial charge in [0.1, 0.15) is 6.20 Å². The van der Waals surface area contributed by atoms with Crippen molar-refractivity contribution in [3.63, 3.8) is 0 Å². The van der Waals surface area contributed by atoms with Crippen LogP contribution in [0, 0.1) is 0 Å². The minimum absolute atomic E-state index is 0.162. The predicted molar refractivity (Wildman–Crippen MR) is 25.0 cm³/mol. The Morgan fingerprint density at radius 3 is 2.89 bits per heavy atom. The molecule has 0 bridgehead atoms. The van der Waals surface area contributed by atoms with E-state index in [4.69, 9.17) is 0 Å². The summed E-state index contributed by atoms with van der Waals surface area (Å²) in [6.07, 6.45) is 1.22. The van der Waals surface area contributed by atoms with Crippen LogP contribution in [0.15, 0.2) is 6.20 Å². The zero-order valence-corrected chi connectivity index (χ0v) is 4.87. The molecule has 0 amide bonds. The van der Waals surface area contributed by atoms with Gasteiger partial charge in [0, 0.05) is 0 Å². The Morgan fingerprint density at radius 1 is 1.67 bits per heavy atom. The lowest BCUT2D eigenvalue weighted by molar-refractivity contribution is 0.401. The molecular formula is C2HN3O3S. The summed E-state index contributed by atoms with van der Waals surface area (Å²) in [5.74, 6) is 0.162. The Hall–Kier alpha value is -1.11. The molecule has 0 atom stereocenters. The van der Waals surface area contributed by atoms with Crippen LogP contribution in [0.25, 0.3) is 0 Å². The van der Waals surface area contributed by atoms with Crippen molar-refractivity contribution in [1.82, 2.24) is 14.4 Å². The first-order valence-electron chi connectivity index (χ1n) is 2.06. The van der Waals surface area contributed by atoms with E-state index in [2.05, 4.69) is 14.5 Å². The fourth-order valence-corrected chi connectivity index (χ4v) is 1.27. The molecule has 1 aromatic rings. The Bertz CT molecular complexity index is 338. The normalized spacial score (nSPS) is 19.6. The van der Waals surface area contributed by atoms with Crippen LogP contribution in [0.2, 0.25) is 0 Å². The number of nitrogens with zero attached hydrogens (tertiary/aromatic N) is 3. The first-order chi connectivity index (χ1) is 4.20. The Balaban J connectivity index is 2.80. The average molecular weight is 147 g/mol. The molecule has 1 aromatic heterocycles. The van der Waals surface area contributed by atoms with Crippen molar-refractivity contribution in [3.8, 4) is 5.88 Å². The van der Waals surface area contributed by atoms with Gasteiger partial charge in [0.05, 0.1) is 0 Å². The van der Waals surface area contributed by atoms with Crippen LogP contribution in [0.1, 0.15) is 0 Å². The van der Waals surface area contributed by atoms with Gasteiger partial charge in [-0.15, -0.1) is 5.10 Å². The lowest BCUT2D eigenvalue weighted by Crippen LogP contribution is -2.30. The van der Waals surface area contributed by atoms with E-state index in [9.17, 15) is 8.42 Å². The summed E-state index contributed by atoms with van der Waals surface area (Å²) < 4.78 is 25.8. The van der Waals surface area contributed by atoms with Crippen molar-refractivity contribution in [2.24, 2.45) is 0 Å².